The van der Waals surface area contributed by atoms with Crippen LogP contribution in [-0.2, 0) is 66.6 Å². The molecule has 1 amide bonds. The lowest BCUT2D eigenvalue weighted by Crippen LogP contribution is -2.65. The number of nitrogens with zero attached hydrogens (tertiary/aromatic N) is 1. The molecular weight excluding hydrogens is 955 g/mol. The number of esters is 1. The predicted octanol–water partition coefficient (Wildman–Crippen LogP) is 5.86. The average Bonchev–Trinajstić information content (AvgIpc) is 3.39. The molecule has 74 heavy (non-hydrogen) atoms. The Balaban J connectivity index is 1.33. The lowest BCUT2D eigenvalue weighted by molar-refractivity contribution is -0.266. The fraction of sp³-hybridized carbons (Fsp3) is 0.772. The standard InChI is InChI=1S/C57H87NO16/c1-34-14-11-10-12-15-35(2)47(72-33-42-32-69-23-25-70-42)30-41-19-17-39(6)57(65,74-41)54(62)55(63)58-21-13-16-43-44(28-40-18-20-46(49(29-40)67-8)71-24-22-66-7)48(73-56(64)50(43)58)31-45(59)36(3)27-38(5)52(61)53(68-9)51(60)37(4)26-34/h10-12,14-15,27,34,36-37,39-44,46-50,52-53,61,65H,13,16-26,28-33H2,1-9H3/b12-10+,14-11+,35-15+,38-27+/t34-,36-,37-,39-,40+,41+,42-,43-,44?,46-,47?,48+,49-,50?,52-,53+,57-/m1/s1. The molecule has 5 aliphatic heterocycles. The topological polar surface area (TPSA) is 212 Å². The van der Waals surface area contributed by atoms with Crippen LogP contribution in [0.2, 0.25) is 0 Å². The summed E-state index contributed by atoms with van der Waals surface area (Å²) < 4.78 is 53.6. The third-order valence-electron chi connectivity index (χ3n) is 16.6. The third kappa shape index (κ3) is 15.2. The number of hydrogen-bond donors (Lipinski definition) is 2. The van der Waals surface area contributed by atoms with Crippen molar-refractivity contribution < 1.29 is 76.8 Å². The van der Waals surface area contributed by atoms with Gasteiger partial charge in [-0.25, -0.2) is 4.79 Å². The van der Waals surface area contributed by atoms with E-state index in [9.17, 15) is 34.2 Å². The first-order valence-corrected chi connectivity index (χ1v) is 27.3. The number of Topliss-reactive ketones (excluding diaryl/α,β-unsaturated/α-hetero) is 3. The van der Waals surface area contributed by atoms with Crippen LogP contribution >= 0.6 is 0 Å². The van der Waals surface area contributed by atoms with Crippen LogP contribution in [0.15, 0.2) is 47.6 Å². The van der Waals surface area contributed by atoms with Crippen molar-refractivity contribution in [3.8, 4) is 0 Å². The van der Waals surface area contributed by atoms with E-state index in [1.165, 1.54) is 12.0 Å². The molecule has 5 fully saturated rings. The van der Waals surface area contributed by atoms with Gasteiger partial charge in [0.2, 0.25) is 5.79 Å². The lowest BCUT2D eigenvalue weighted by Gasteiger charge is -2.50. The highest BCUT2D eigenvalue weighted by molar-refractivity contribution is 6.39. The summed E-state index contributed by atoms with van der Waals surface area (Å²) in [6, 6.07) is -1.14. The fourth-order valence-electron chi connectivity index (χ4n) is 12.2. The molecule has 0 aromatic rings. The number of carbonyl (C=O) groups is 5. The summed E-state index contributed by atoms with van der Waals surface area (Å²) >= 11 is 0. The van der Waals surface area contributed by atoms with Crippen LogP contribution in [0.5, 0.6) is 0 Å². The number of carbonyl (C=O) groups excluding carboxylic acids is 5. The second kappa shape index (κ2) is 28.2. The number of fused-ring (bicyclic) bond motifs is 4. The first kappa shape index (κ1) is 59.7. The van der Waals surface area contributed by atoms with E-state index >= 15 is 0 Å². The Morgan fingerprint density at radius 1 is 0.838 bits per heavy atom. The van der Waals surface area contributed by atoms with E-state index in [4.69, 9.17) is 42.6 Å². The van der Waals surface area contributed by atoms with Gasteiger partial charge in [0.25, 0.3) is 11.7 Å². The Hall–Kier alpha value is -3.49. The zero-order valence-corrected chi connectivity index (χ0v) is 45.5. The number of ketones is 3. The normalized spacial score (nSPS) is 41.2. The summed E-state index contributed by atoms with van der Waals surface area (Å²) in [6.45, 7) is 13.4. The first-order valence-electron chi connectivity index (χ1n) is 27.3. The zero-order valence-electron chi connectivity index (χ0n) is 45.5. The molecule has 17 nitrogen and oxygen atoms in total. The Kier molecular flexibility index (Phi) is 22.8. The lowest BCUT2D eigenvalue weighted by atomic mass is 9.68. The van der Waals surface area contributed by atoms with Gasteiger partial charge in [-0.3, -0.25) is 19.2 Å². The maximum atomic E-state index is 14.7. The predicted molar refractivity (Wildman–Crippen MR) is 273 cm³/mol. The number of ether oxygens (including phenoxy) is 9. The number of rotatable bonds is 11. The molecule has 1 aliphatic carbocycles. The Morgan fingerprint density at radius 2 is 1.62 bits per heavy atom. The summed E-state index contributed by atoms with van der Waals surface area (Å²) in [7, 11) is 4.68. The largest absolute Gasteiger partial charge is 0.460 e. The second-order valence-corrected chi connectivity index (χ2v) is 22.0. The van der Waals surface area contributed by atoms with Gasteiger partial charge in [-0.2, -0.15) is 0 Å². The van der Waals surface area contributed by atoms with Crippen molar-refractivity contribution in [2.75, 3.05) is 67.5 Å². The molecule has 0 radical (unpaired) electrons. The van der Waals surface area contributed by atoms with Gasteiger partial charge in [0.05, 0.1) is 64.1 Å². The molecule has 4 saturated heterocycles. The number of aliphatic hydroxyl groups excluding tert-OH is 1. The van der Waals surface area contributed by atoms with Crippen molar-refractivity contribution in [2.45, 2.75) is 173 Å². The van der Waals surface area contributed by atoms with E-state index in [1.807, 2.05) is 51.2 Å². The highest BCUT2D eigenvalue weighted by atomic mass is 16.6. The van der Waals surface area contributed by atoms with Crippen LogP contribution in [0.3, 0.4) is 0 Å². The molecular formula is C57H87NO16. The molecule has 1 saturated carbocycles. The van der Waals surface area contributed by atoms with E-state index in [-0.39, 0.29) is 73.6 Å². The van der Waals surface area contributed by atoms with Crippen LogP contribution in [0.25, 0.3) is 0 Å². The number of piperidine rings is 1. The van der Waals surface area contributed by atoms with Crippen molar-refractivity contribution in [2.24, 2.45) is 41.4 Å². The van der Waals surface area contributed by atoms with E-state index in [0.29, 0.717) is 83.6 Å². The molecule has 5 heterocycles. The van der Waals surface area contributed by atoms with Crippen LogP contribution < -0.4 is 0 Å². The number of allylic oxidation sites excluding steroid dienone is 6. The molecule has 3 unspecified atom stereocenters. The Labute approximate surface area is 439 Å². The van der Waals surface area contributed by atoms with Gasteiger partial charge >= 0.3 is 5.97 Å². The molecule has 2 N–H and O–H groups in total. The summed E-state index contributed by atoms with van der Waals surface area (Å²) in [6.07, 6.45) is 11.3. The van der Waals surface area contributed by atoms with Crippen molar-refractivity contribution in [1.29, 1.82) is 0 Å². The molecule has 0 aromatic carbocycles. The molecule has 0 spiro atoms. The molecule has 416 valence electrons. The van der Waals surface area contributed by atoms with Crippen LogP contribution in [-0.4, -0.2) is 173 Å². The molecule has 6 rings (SSSR count). The molecule has 17 atom stereocenters. The van der Waals surface area contributed by atoms with E-state index in [2.05, 4.69) is 0 Å². The monoisotopic (exact) mass is 1040 g/mol. The van der Waals surface area contributed by atoms with E-state index in [1.54, 1.807) is 41.1 Å². The molecule has 17 heteroatoms. The smallest absolute Gasteiger partial charge is 0.329 e. The zero-order chi connectivity index (χ0) is 53.7. The van der Waals surface area contributed by atoms with Gasteiger partial charge in [0.1, 0.15) is 36.2 Å². The summed E-state index contributed by atoms with van der Waals surface area (Å²) in [4.78, 5) is 73.3. The van der Waals surface area contributed by atoms with Gasteiger partial charge in [-0.05, 0) is 101 Å². The number of hydrogen-bond acceptors (Lipinski definition) is 16. The maximum absolute atomic E-state index is 14.7. The maximum Gasteiger partial charge on any atom is 0.329 e. The fourth-order valence-corrected chi connectivity index (χ4v) is 12.2. The second-order valence-electron chi connectivity index (χ2n) is 22.0. The van der Waals surface area contributed by atoms with Crippen LogP contribution in [0.4, 0.5) is 0 Å². The Bertz CT molecular complexity index is 2010. The minimum atomic E-state index is -2.48. The van der Waals surface area contributed by atoms with Gasteiger partial charge in [-0.15, -0.1) is 0 Å². The van der Waals surface area contributed by atoms with Crippen molar-refractivity contribution in [3.63, 3.8) is 0 Å². The molecule has 6 aliphatic rings. The Morgan fingerprint density at radius 3 is 2.34 bits per heavy atom. The van der Waals surface area contributed by atoms with Crippen LogP contribution in [0, 0.1) is 41.4 Å². The van der Waals surface area contributed by atoms with Crippen molar-refractivity contribution >= 4 is 29.2 Å². The minimum absolute atomic E-state index is 0.00234. The van der Waals surface area contributed by atoms with Gasteiger partial charge < -0.3 is 57.7 Å². The van der Waals surface area contributed by atoms with Crippen molar-refractivity contribution in [3.05, 3.63) is 47.6 Å². The van der Waals surface area contributed by atoms with Gasteiger partial charge in [-0.1, -0.05) is 64.2 Å². The van der Waals surface area contributed by atoms with Crippen LogP contribution in [0.1, 0.15) is 112 Å². The summed E-state index contributed by atoms with van der Waals surface area (Å²) in [5.74, 6) is -8.53. The minimum Gasteiger partial charge on any atom is -0.460 e. The number of amides is 1. The summed E-state index contributed by atoms with van der Waals surface area (Å²) in [5, 5.41) is 23.9. The summed E-state index contributed by atoms with van der Waals surface area (Å²) in [5.41, 5.74) is 1.25. The molecule has 0 aromatic heterocycles. The highest BCUT2D eigenvalue weighted by Gasteiger charge is 2.57. The van der Waals surface area contributed by atoms with E-state index in [0.717, 1.165) is 18.4 Å². The molecule has 4 bridgehead atoms. The SMILES string of the molecule is COCCO[C@@H]1CC[C@@H](CC2[C@H]3CCCN4C(=O)C(=O)[C@]5(O)O[C@@H](CC[C@H]5C)CC(OC[C@H]5COCCO5)/C(C)=C/C=C/C=C/[C@@H](C)C[C@@H](C)C(=O)[C@H](OC)[C@H](O)/C(C)=C/[C@@H](C)C(=O)C[C@@H]2OC(=O)C34)C[C@H]1OC. The van der Waals surface area contributed by atoms with Crippen molar-refractivity contribution in [1.82, 2.24) is 4.90 Å². The first-order chi connectivity index (χ1) is 35.4. The quantitative estimate of drug-likeness (QED) is 0.107. The number of aliphatic hydroxyl groups is 2. The van der Waals surface area contributed by atoms with E-state index < -0.39 is 83.7 Å². The van der Waals surface area contributed by atoms with Gasteiger partial charge in [0, 0.05) is 64.4 Å². The number of methoxy groups -OCH3 is 3. The average molecular weight is 1040 g/mol. The van der Waals surface area contributed by atoms with Gasteiger partial charge in [0.15, 0.2) is 5.78 Å². The third-order valence-corrected chi connectivity index (χ3v) is 16.6. The highest BCUT2D eigenvalue weighted by Crippen LogP contribution is 2.45.